The highest BCUT2D eigenvalue weighted by molar-refractivity contribution is 7.80. The maximum absolute atomic E-state index is 10.9. The van der Waals surface area contributed by atoms with Crippen molar-refractivity contribution in [1.82, 2.24) is 5.32 Å². The van der Waals surface area contributed by atoms with Gasteiger partial charge in [-0.2, -0.15) is 8.42 Å². The van der Waals surface area contributed by atoms with Gasteiger partial charge in [0.2, 0.25) is 5.91 Å². The van der Waals surface area contributed by atoms with E-state index in [0.717, 1.165) is 0 Å². The zero-order chi connectivity index (χ0) is 10.5. The average molecular weight is 211 g/mol. The Morgan fingerprint density at radius 3 is 2.46 bits per heavy atom. The van der Waals surface area contributed by atoms with Gasteiger partial charge in [-0.05, 0) is 0 Å². The van der Waals surface area contributed by atoms with Crippen LogP contribution in [-0.2, 0) is 19.4 Å². The Bertz CT molecular complexity index is 258. The van der Waals surface area contributed by atoms with Crippen LogP contribution in [-0.4, -0.2) is 32.0 Å². The minimum absolute atomic E-state index is 0.0524. The molecular formula is C6H13NO5S. The van der Waals surface area contributed by atoms with Crippen LogP contribution in [0.3, 0.4) is 0 Å². The summed E-state index contributed by atoms with van der Waals surface area (Å²) in [6.07, 6.45) is 0. The summed E-state index contributed by atoms with van der Waals surface area (Å²) in [5.41, 5.74) is 0. The number of amides is 1. The Kier molecular flexibility index (Phi) is 4.89. The molecule has 0 fully saturated rings. The van der Waals surface area contributed by atoms with Crippen molar-refractivity contribution < 1.29 is 21.9 Å². The van der Waals surface area contributed by atoms with Crippen LogP contribution >= 0.6 is 0 Å². The number of hydrogen-bond acceptors (Lipinski definition) is 4. The van der Waals surface area contributed by atoms with Gasteiger partial charge < -0.3 is 5.32 Å². The molecular weight excluding hydrogens is 198 g/mol. The van der Waals surface area contributed by atoms with Crippen molar-refractivity contribution >= 4 is 16.3 Å². The Balaban J connectivity index is 3.53. The van der Waals surface area contributed by atoms with Crippen LogP contribution in [0.5, 0.6) is 0 Å². The Hall–Kier alpha value is -0.660. The molecule has 78 valence electrons. The molecule has 0 aromatic heterocycles. The minimum atomic E-state index is -4.39. The van der Waals surface area contributed by atoms with Crippen molar-refractivity contribution in [2.75, 3.05) is 13.2 Å². The molecule has 0 spiro atoms. The highest BCUT2D eigenvalue weighted by Gasteiger charge is 2.07. The lowest BCUT2D eigenvalue weighted by Crippen LogP contribution is -2.31. The number of carbonyl (C=O) groups is 1. The van der Waals surface area contributed by atoms with Gasteiger partial charge in [0, 0.05) is 12.5 Å². The van der Waals surface area contributed by atoms with Crippen molar-refractivity contribution in [2.45, 2.75) is 13.8 Å². The maximum Gasteiger partial charge on any atom is 0.397 e. The van der Waals surface area contributed by atoms with Crippen molar-refractivity contribution in [1.29, 1.82) is 0 Å². The molecule has 0 aliphatic carbocycles. The number of carbonyl (C=O) groups excluding carboxylic acids is 1. The van der Waals surface area contributed by atoms with Crippen LogP contribution in [0.2, 0.25) is 0 Å². The maximum atomic E-state index is 10.9. The van der Waals surface area contributed by atoms with E-state index in [0.29, 0.717) is 0 Å². The topological polar surface area (TPSA) is 92.7 Å². The fourth-order valence-electron chi connectivity index (χ4n) is 0.525. The fourth-order valence-corrected chi connectivity index (χ4v) is 0.819. The zero-order valence-electron chi connectivity index (χ0n) is 7.48. The zero-order valence-corrected chi connectivity index (χ0v) is 8.30. The SMILES string of the molecule is CC(C)C(=O)NCCOS(=O)(=O)O. The molecule has 0 rings (SSSR count). The number of hydrogen-bond donors (Lipinski definition) is 2. The summed E-state index contributed by atoms with van der Waals surface area (Å²) in [7, 11) is -4.39. The molecule has 2 N–H and O–H groups in total. The first-order chi connectivity index (χ1) is 5.83. The van der Waals surface area contributed by atoms with E-state index in [4.69, 9.17) is 4.55 Å². The smallest absolute Gasteiger partial charge is 0.354 e. The van der Waals surface area contributed by atoms with Crippen molar-refractivity contribution in [2.24, 2.45) is 5.92 Å². The average Bonchev–Trinajstić information content (AvgIpc) is 1.95. The van der Waals surface area contributed by atoms with Crippen LogP contribution in [0.25, 0.3) is 0 Å². The third-order valence-corrected chi connectivity index (χ3v) is 1.62. The standard InChI is InChI=1S/C6H13NO5S/c1-5(2)6(8)7-3-4-12-13(9,10)11/h5H,3-4H2,1-2H3,(H,7,8)(H,9,10,11). The second kappa shape index (κ2) is 5.15. The van der Waals surface area contributed by atoms with Crippen LogP contribution < -0.4 is 5.32 Å². The first kappa shape index (κ1) is 12.3. The lowest BCUT2D eigenvalue weighted by atomic mass is 10.2. The lowest BCUT2D eigenvalue weighted by Gasteiger charge is -2.06. The van der Waals surface area contributed by atoms with Crippen molar-refractivity contribution in [3.05, 3.63) is 0 Å². The quantitative estimate of drug-likeness (QED) is 0.476. The molecule has 6 nitrogen and oxygen atoms in total. The molecule has 0 heterocycles. The number of nitrogens with one attached hydrogen (secondary N) is 1. The normalized spacial score (nSPS) is 11.7. The summed E-state index contributed by atoms with van der Waals surface area (Å²) in [6, 6.07) is 0. The van der Waals surface area contributed by atoms with E-state index in [2.05, 4.69) is 9.50 Å². The summed E-state index contributed by atoms with van der Waals surface area (Å²) < 4.78 is 32.2. The first-order valence-corrected chi connectivity index (χ1v) is 5.09. The van der Waals surface area contributed by atoms with Gasteiger partial charge in [0.25, 0.3) is 0 Å². The van der Waals surface area contributed by atoms with Gasteiger partial charge in [-0.1, -0.05) is 13.8 Å². The van der Waals surface area contributed by atoms with E-state index in [1.807, 2.05) is 0 Å². The Labute approximate surface area is 77.2 Å². The van der Waals surface area contributed by atoms with Crippen LogP contribution in [0.4, 0.5) is 0 Å². The number of rotatable bonds is 5. The van der Waals surface area contributed by atoms with Gasteiger partial charge >= 0.3 is 10.4 Å². The van der Waals surface area contributed by atoms with E-state index in [1.54, 1.807) is 13.8 Å². The van der Waals surface area contributed by atoms with E-state index in [1.165, 1.54) is 0 Å². The summed E-state index contributed by atoms with van der Waals surface area (Å²) in [4.78, 5) is 10.9. The third-order valence-electron chi connectivity index (χ3n) is 1.16. The van der Waals surface area contributed by atoms with Crippen LogP contribution in [0, 0.1) is 5.92 Å². The molecule has 1 amide bonds. The van der Waals surface area contributed by atoms with Gasteiger partial charge in [0.05, 0.1) is 6.61 Å². The first-order valence-electron chi connectivity index (χ1n) is 3.72. The summed E-state index contributed by atoms with van der Waals surface area (Å²) in [5.74, 6) is -0.357. The highest BCUT2D eigenvalue weighted by Crippen LogP contribution is 1.90. The molecule has 13 heavy (non-hydrogen) atoms. The highest BCUT2D eigenvalue weighted by atomic mass is 32.3. The second-order valence-corrected chi connectivity index (χ2v) is 3.79. The minimum Gasteiger partial charge on any atom is -0.354 e. The Morgan fingerprint density at radius 2 is 2.08 bits per heavy atom. The van der Waals surface area contributed by atoms with E-state index < -0.39 is 10.4 Å². The van der Waals surface area contributed by atoms with Crippen molar-refractivity contribution in [3.8, 4) is 0 Å². The van der Waals surface area contributed by atoms with Gasteiger partial charge in [-0.3, -0.25) is 9.35 Å². The van der Waals surface area contributed by atoms with Crippen molar-refractivity contribution in [3.63, 3.8) is 0 Å². The predicted molar refractivity (Wildman–Crippen MR) is 45.3 cm³/mol. The second-order valence-electron chi connectivity index (χ2n) is 2.70. The van der Waals surface area contributed by atoms with E-state index >= 15 is 0 Å². The monoisotopic (exact) mass is 211 g/mol. The summed E-state index contributed by atoms with van der Waals surface area (Å²) in [5, 5.41) is 2.42. The third kappa shape index (κ3) is 7.69. The van der Waals surface area contributed by atoms with Gasteiger partial charge in [0.15, 0.2) is 0 Å². The molecule has 0 atom stereocenters. The molecule has 0 saturated carbocycles. The molecule has 7 heteroatoms. The van der Waals surface area contributed by atoms with Crippen LogP contribution in [0.1, 0.15) is 13.8 Å². The van der Waals surface area contributed by atoms with Gasteiger partial charge in [-0.25, -0.2) is 4.18 Å². The van der Waals surface area contributed by atoms with Gasteiger partial charge in [0.1, 0.15) is 0 Å². The molecule has 0 radical (unpaired) electrons. The molecule has 0 bridgehead atoms. The molecule has 0 unspecified atom stereocenters. The van der Waals surface area contributed by atoms with Gasteiger partial charge in [-0.15, -0.1) is 0 Å². The molecule has 0 saturated heterocycles. The summed E-state index contributed by atoms with van der Waals surface area (Å²) >= 11 is 0. The summed E-state index contributed by atoms with van der Waals surface area (Å²) in [6.45, 7) is 3.20. The van der Waals surface area contributed by atoms with Crippen LogP contribution in [0.15, 0.2) is 0 Å². The van der Waals surface area contributed by atoms with E-state index in [9.17, 15) is 13.2 Å². The Morgan fingerprint density at radius 1 is 1.54 bits per heavy atom. The lowest BCUT2D eigenvalue weighted by molar-refractivity contribution is -0.124. The molecule has 0 aromatic rings. The van der Waals surface area contributed by atoms with E-state index in [-0.39, 0.29) is 25.0 Å². The molecule has 0 aromatic carbocycles. The molecule has 0 aliphatic rings. The molecule has 0 aliphatic heterocycles. The predicted octanol–water partition coefficient (Wildman–Crippen LogP) is -0.422. The fraction of sp³-hybridized carbons (Fsp3) is 0.833. The largest absolute Gasteiger partial charge is 0.397 e.